The van der Waals surface area contributed by atoms with Gasteiger partial charge in [0, 0.05) is 18.1 Å². The summed E-state index contributed by atoms with van der Waals surface area (Å²) in [6.07, 6.45) is 7.05. The average Bonchev–Trinajstić information content (AvgIpc) is 2.37. The largest absolute Gasteiger partial charge is 0.313 e. The third-order valence-corrected chi connectivity index (χ3v) is 4.86. The van der Waals surface area contributed by atoms with Crippen LogP contribution < -0.4 is 5.32 Å². The Labute approximate surface area is 108 Å². The summed E-state index contributed by atoms with van der Waals surface area (Å²) in [5, 5.41) is 3.54. The molecule has 0 saturated heterocycles. The predicted octanol–water partition coefficient (Wildman–Crippen LogP) is 3.27. The molecule has 0 aromatic heterocycles. The quantitative estimate of drug-likeness (QED) is 0.766. The first-order valence-corrected chi connectivity index (χ1v) is 7.55. The zero-order valence-corrected chi connectivity index (χ0v) is 12.5. The SMILES string of the molecule is CCNC(C)C(C)N(C)C1CCC(CC)CC1. The maximum Gasteiger partial charge on any atom is 0.0218 e. The minimum absolute atomic E-state index is 0.592. The van der Waals surface area contributed by atoms with Gasteiger partial charge in [0.15, 0.2) is 0 Å². The highest BCUT2D eigenvalue weighted by atomic mass is 15.2. The van der Waals surface area contributed by atoms with E-state index in [1.807, 2.05) is 0 Å². The Kier molecular flexibility index (Phi) is 6.50. The molecule has 0 aromatic carbocycles. The molecule has 0 aliphatic heterocycles. The molecule has 1 N–H and O–H groups in total. The second-order valence-electron chi connectivity index (χ2n) is 5.84. The summed E-state index contributed by atoms with van der Waals surface area (Å²) >= 11 is 0. The molecule has 1 fully saturated rings. The lowest BCUT2D eigenvalue weighted by molar-refractivity contribution is 0.109. The normalized spacial score (nSPS) is 29.3. The van der Waals surface area contributed by atoms with E-state index in [2.05, 4.69) is 45.0 Å². The van der Waals surface area contributed by atoms with Crippen LogP contribution in [-0.4, -0.2) is 36.6 Å². The van der Waals surface area contributed by atoms with Gasteiger partial charge in [0.1, 0.15) is 0 Å². The topological polar surface area (TPSA) is 15.3 Å². The molecule has 1 aliphatic carbocycles. The fraction of sp³-hybridized carbons (Fsp3) is 1.00. The summed E-state index contributed by atoms with van der Waals surface area (Å²) in [5.41, 5.74) is 0. The summed E-state index contributed by atoms with van der Waals surface area (Å²) in [4.78, 5) is 2.61. The molecule has 1 saturated carbocycles. The highest BCUT2D eigenvalue weighted by molar-refractivity contribution is 4.84. The van der Waals surface area contributed by atoms with Gasteiger partial charge in [0.25, 0.3) is 0 Å². The monoisotopic (exact) mass is 240 g/mol. The summed E-state index contributed by atoms with van der Waals surface area (Å²) in [6.45, 7) is 10.3. The Balaban J connectivity index is 2.39. The smallest absolute Gasteiger partial charge is 0.0218 e. The average molecular weight is 240 g/mol. The Morgan fingerprint density at radius 3 is 2.18 bits per heavy atom. The maximum absolute atomic E-state index is 3.54. The third-order valence-electron chi connectivity index (χ3n) is 4.86. The molecule has 0 heterocycles. The summed E-state index contributed by atoms with van der Waals surface area (Å²) in [6, 6.07) is 2.04. The molecule has 102 valence electrons. The minimum Gasteiger partial charge on any atom is -0.313 e. The molecule has 0 amide bonds. The molecule has 0 spiro atoms. The minimum atomic E-state index is 0.592. The summed E-state index contributed by atoms with van der Waals surface area (Å²) in [7, 11) is 2.31. The molecule has 0 bridgehead atoms. The zero-order chi connectivity index (χ0) is 12.8. The second kappa shape index (κ2) is 7.38. The predicted molar refractivity (Wildman–Crippen MR) is 76.4 cm³/mol. The van der Waals surface area contributed by atoms with Crippen LogP contribution in [0.2, 0.25) is 0 Å². The van der Waals surface area contributed by atoms with Crippen molar-refractivity contribution in [3.8, 4) is 0 Å². The van der Waals surface area contributed by atoms with Crippen LogP contribution in [0, 0.1) is 5.92 Å². The van der Waals surface area contributed by atoms with E-state index in [-0.39, 0.29) is 0 Å². The highest BCUT2D eigenvalue weighted by Crippen LogP contribution is 2.29. The van der Waals surface area contributed by atoms with E-state index in [9.17, 15) is 0 Å². The van der Waals surface area contributed by atoms with E-state index in [1.165, 1.54) is 32.1 Å². The fourth-order valence-corrected chi connectivity index (χ4v) is 3.14. The van der Waals surface area contributed by atoms with Gasteiger partial charge in [-0.3, -0.25) is 4.90 Å². The lowest BCUT2D eigenvalue weighted by Gasteiger charge is -2.40. The molecule has 0 radical (unpaired) electrons. The molecular weight excluding hydrogens is 208 g/mol. The zero-order valence-electron chi connectivity index (χ0n) is 12.5. The Bertz CT molecular complexity index is 197. The van der Waals surface area contributed by atoms with Crippen LogP contribution >= 0.6 is 0 Å². The molecule has 1 rings (SSSR count). The van der Waals surface area contributed by atoms with E-state index in [1.54, 1.807) is 0 Å². The molecule has 2 heteroatoms. The van der Waals surface area contributed by atoms with Crippen molar-refractivity contribution in [3.05, 3.63) is 0 Å². The van der Waals surface area contributed by atoms with Gasteiger partial charge in [0.05, 0.1) is 0 Å². The van der Waals surface area contributed by atoms with Crippen molar-refractivity contribution in [3.63, 3.8) is 0 Å². The second-order valence-corrected chi connectivity index (χ2v) is 5.84. The number of likely N-dealkylation sites (N-methyl/N-ethyl adjacent to an activating group) is 2. The first kappa shape index (κ1) is 15.0. The van der Waals surface area contributed by atoms with Gasteiger partial charge < -0.3 is 5.32 Å². The lowest BCUT2D eigenvalue weighted by Crippen LogP contribution is -2.50. The van der Waals surface area contributed by atoms with E-state index < -0.39 is 0 Å². The van der Waals surface area contributed by atoms with Crippen LogP contribution in [0.4, 0.5) is 0 Å². The Hall–Kier alpha value is -0.0800. The first-order valence-electron chi connectivity index (χ1n) is 7.55. The van der Waals surface area contributed by atoms with Crippen molar-refractivity contribution in [1.82, 2.24) is 10.2 Å². The number of hydrogen-bond donors (Lipinski definition) is 1. The van der Waals surface area contributed by atoms with Gasteiger partial charge in [-0.1, -0.05) is 20.3 Å². The van der Waals surface area contributed by atoms with Crippen LogP contribution in [0.25, 0.3) is 0 Å². The third kappa shape index (κ3) is 4.26. The molecular formula is C15H32N2. The molecule has 17 heavy (non-hydrogen) atoms. The van der Waals surface area contributed by atoms with E-state index in [0.29, 0.717) is 12.1 Å². The van der Waals surface area contributed by atoms with Crippen molar-refractivity contribution >= 4 is 0 Å². The Morgan fingerprint density at radius 2 is 1.71 bits per heavy atom. The molecule has 2 nitrogen and oxygen atoms in total. The van der Waals surface area contributed by atoms with Crippen molar-refractivity contribution < 1.29 is 0 Å². The van der Waals surface area contributed by atoms with E-state index >= 15 is 0 Å². The Morgan fingerprint density at radius 1 is 1.12 bits per heavy atom. The van der Waals surface area contributed by atoms with Crippen molar-refractivity contribution in [2.24, 2.45) is 5.92 Å². The van der Waals surface area contributed by atoms with Crippen LogP contribution in [0.1, 0.15) is 59.8 Å². The summed E-state index contributed by atoms with van der Waals surface area (Å²) in [5.74, 6) is 1.00. The summed E-state index contributed by atoms with van der Waals surface area (Å²) < 4.78 is 0. The number of nitrogens with zero attached hydrogens (tertiary/aromatic N) is 1. The molecule has 2 unspecified atom stereocenters. The first-order chi connectivity index (χ1) is 8.10. The van der Waals surface area contributed by atoms with Crippen LogP contribution in [0.5, 0.6) is 0 Å². The van der Waals surface area contributed by atoms with Crippen molar-refractivity contribution in [2.45, 2.75) is 77.9 Å². The van der Waals surface area contributed by atoms with Crippen molar-refractivity contribution in [2.75, 3.05) is 13.6 Å². The van der Waals surface area contributed by atoms with Gasteiger partial charge in [-0.15, -0.1) is 0 Å². The van der Waals surface area contributed by atoms with Crippen LogP contribution in [-0.2, 0) is 0 Å². The number of hydrogen-bond acceptors (Lipinski definition) is 2. The van der Waals surface area contributed by atoms with Crippen LogP contribution in [0.3, 0.4) is 0 Å². The van der Waals surface area contributed by atoms with Crippen molar-refractivity contribution in [1.29, 1.82) is 0 Å². The van der Waals surface area contributed by atoms with Gasteiger partial charge in [-0.25, -0.2) is 0 Å². The maximum atomic E-state index is 3.54. The highest BCUT2D eigenvalue weighted by Gasteiger charge is 2.27. The van der Waals surface area contributed by atoms with Gasteiger partial charge in [-0.2, -0.15) is 0 Å². The van der Waals surface area contributed by atoms with Crippen LogP contribution in [0.15, 0.2) is 0 Å². The lowest BCUT2D eigenvalue weighted by atomic mass is 9.83. The number of nitrogens with one attached hydrogen (secondary N) is 1. The van der Waals surface area contributed by atoms with Gasteiger partial charge in [0.2, 0.25) is 0 Å². The van der Waals surface area contributed by atoms with Gasteiger partial charge >= 0.3 is 0 Å². The fourth-order valence-electron chi connectivity index (χ4n) is 3.14. The van der Waals surface area contributed by atoms with Gasteiger partial charge in [-0.05, 0) is 59.0 Å². The molecule has 0 aromatic rings. The standard InChI is InChI=1S/C15H32N2/c1-6-14-8-10-15(11-9-14)17(5)13(4)12(3)16-7-2/h12-16H,6-11H2,1-5H3. The number of rotatable bonds is 6. The van der Waals surface area contributed by atoms with E-state index in [4.69, 9.17) is 0 Å². The molecule has 2 atom stereocenters. The molecule has 1 aliphatic rings. The van der Waals surface area contributed by atoms with E-state index in [0.717, 1.165) is 18.5 Å².